The van der Waals surface area contributed by atoms with Crippen LogP contribution in [-0.4, -0.2) is 68.5 Å². The summed E-state index contributed by atoms with van der Waals surface area (Å²) in [6.07, 6.45) is 2.40. The Balaban J connectivity index is 1.66. The molecule has 1 saturated heterocycles. The number of fused-ring (bicyclic) bond motifs is 1. The Morgan fingerprint density at radius 2 is 2.00 bits per heavy atom. The maximum atomic E-state index is 12.7. The zero-order chi connectivity index (χ0) is 18.2. The Bertz CT molecular complexity index is 800. The highest BCUT2D eigenvalue weighted by Crippen LogP contribution is 2.29. The Morgan fingerprint density at radius 1 is 1.32 bits per heavy atom. The number of anilines is 1. The molecule has 0 unspecified atom stereocenters. The van der Waals surface area contributed by atoms with Crippen molar-refractivity contribution in [2.24, 2.45) is 0 Å². The lowest BCUT2D eigenvalue weighted by molar-refractivity contribution is -0.118. The smallest absolute Gasteiger partial charge is 0.262 e. The number of carbonyl (C=O) groups is 2. The lowest BCUT2D eigenvalue weighted by Gasteiger charge is -2.35. The average Bonchev–Trinajstić information content (AvgIpc) is 2.59. The number of likely N-dealkylation sites (tertiary alicyclic amines) is 1. The van der Waals surface area contributed by atoms with Crippen molar-refractivity contribution in [2.45, 2.75) is 18.9 Å². The molecule has 0 bridgehead atoms. The fourth-order valence-corrected chi connectivity index (χ4v) is 3.85. The van der Waals surface area contributed by atoms with Crippen LogP contribution < -0.4 is 10.1 Å². The van der Waals surface area contributed by atoms with E-state index in [0.29, 0.717) is 42.9 Å². The number of piperidine rings is 1. The Morgan fingerprint density at radius 3 is 2.64 bits per heavy atom. The molecule has 2 aliphatic heterocycles. The zero-order valence-corrected chi connectivity index (χ0v) is 15.0. The molecule has 1 aromatic rings. The van der Waals surface area contributed by atoms with Gasteiger partial charge in [-0.15, -0.1) is 0 Å². The maximum absolute atomic E-state index is 12.7. The van der Waals surface area contributed by atoms with Gasteiger partial charge in [-0.2, -0.15) is 0 Å². The van der Waals surface area contributed by atoms with Crippen LogP contribution in [0.2, 0.25) is 0 Å². The van der Waals surface area contributed by atoms with Gasteiger partial charge in [-0.3, -0.25) is 9.59 Å². The van der Waals surface area contributed by atoms with Crippen LogP contribution in [0.4, 0.5) is 5.69 Å². The summed E-state index contributed by atoms with van der Waals surface area (Å²) in [6.45, 7) is 0.934. The molecule has 136 valence electrons. The number of benzene rings is 1. The highest BCUT2D eigenvalue weighted by molar-refractivity contribution is 7.88. The lowest BCUT2D eigenvalue weighted by Crippen LogP contribution is -2.47. The van der Waals surface area contributed by atoms with E-state index in [1.807, 2.05) is 0 Å². The van der Waals surface area contributed by atoms with Gasteiger partial charge in [0.05, 0.1) is 11.9 Å². The molecule has 0 radical (unpaired) electrons. The van der Waals surface area contributed by atoms with Gasteiger partial charge >= 0.3 is 0 Å². The second kappa shape index (κ2) is 6.64. The molecule has 0 atom stereocenters. The van der Waals surface area contributed by atoms with Gasteiger partial charge in [0.1, 0.15) is 5.75 Å². The molecular formula is C16H21N3O5S. The standard InChI is InChI=1S/C16H21N3O5S/c1-18(25(2,22)23)12-5-7-19(8-6-12)16(21)11-3-4-13-14(9-11)24-10-15(20)17-13/h3-4,9,12H,5-8,10H2,1-2H3,(H,17,20). The fourth-order valence-electron chi connectivity index (χ4n) is 3.09. The molecule has 0 aromatic heterocycles. The van der Waals surface area contributed by atoms with Crippen LogP contribution in [0.3, 0.4) is 0 Å². The molecule has 3 rings (SSSR count). The van der Waals surface area contributed by atoms with Gasteiger partial charge in [-0.1, -0.05) is 0 Å². The fraction of sp³-hybridized carbons (Fsp3) is 0.500. The quantitative estimate of drug-likeness (QED) is 0.840. The summed E-state index contributed by atoms with van der Waals surface area (Å²) in [5.74, 6) is 0.143. The molecule has 1 aromatic carbocycles. The first-order valence-corrected chi connectivity index (χ1v) is 9.89. The van der Waals surface area contributed by atoms with Gasteiger partial charge < -0.3 is 15.0 Å². The average molecular weight is 367 g/mol. The first-order chi connectivity index (χ1) is 11.8. The monoisotopic (exact) mass is 367 g/mol. The number of ether oxygens (including phenoxy) is 1. The summed E-state index contributed by atoms with van der Waals surface area (Å²) >= 11 is 0. The van der Waals surface area contributed by atoms with Crippen LogP contribution in [0.5, 0.6) is 5.75 Å². The van der Waals surface area contributed by atoms with Gasteiger partial charge in [-0.05, 0) is 31.0 Å². The summed E-state index contributed by atoms with van der Waals surface area (Å²) in [5.41, 5.74) is 1.05. The third-order valence-corrected chi connectivity index (χ3v) is 5.99. The summed E-state index contributed by atoms with van der Waals surface area (Å²) in [5, 5.41) is 2.69. The highest BCUT2D eigenvalue weighted by Gasteiger charge is 2.29. The largest absolute Gasteiger partial charge is 0.482 e. The van der Waals surface area contributed by atoms with Crippen molar-refractivity contribution in [1.29, 1.82) is 0 Å². The number of nitrogens with zero attached hydrogens (tertiary/aromatic N) is 2. The molecule has 1 N–H and O–H groups in total. The third-order valence-electron chi connectivity index (χ3n) is 4.65. The molecule has 0 spiro atoms. The number of hydrogen-bond donors (Lipinski definition) is 1. The molecular weight excluding hydrogens is 346 g/mol. The maximum Gasteiger partial charge on any atom is 0.262 e. The molecule has 0 saturated carbocycles. The first kappa shape index (κ1) is 17.7. The molecule has 2 amide bonds. The number of rotatable bonds is 3. The van der Waals surface area contributed by atoms with E-state index in [1.165, 1.54) is 10.6 Å². The van der Waals surface area contributed by atoms with E-state index < -0.39 is 10.0 Å². The zero-order valence-electron chi connectivity index (χ0n) is 14.2. The van der Waals surface area contributed by atoms with Crippen LogP contribution in [0.25, 0.3) is 0 Å². The molecule has 9 heteroatoms. The minimum Gasteiger partial charge on any atom is -0.482 e. The molecule has 2 aliphatic rings. The van der Waals surface area contributed by atoms with Gasteiger partial charge in [0.15, 0.2) is 6.61 Å². The number of sulfonamides is 1. The van der Waals surface area contributed by atoms with E-state index in [-0.39, 0.29) is 24.5 Å². The van der Waals surface area contributed by atoms with Crippen molar-refractivity contribution in [3.63, 3.8) is 0 Å². The number of nitrogens with one attached hydrogen (secondary N) is 1. The van der Waals surface area contributed by atoms with Crippen LogP contribution >= 0.6 is 0 Å². The van der Waals surface area contributed by atoms with Gasteiger partial charge in [0.25, 0.3) is 11.8 Å². The minimum absolute atomic E-state index is 0.0616. The van der Waals surface area contributed by atoms with Gasteiger partial charge in [-0.25, -0.2) is 12.7 Å². The highest BCUT2D eigenvalue weighted by atomic mass is 32.2. The molecule has 1 fully saturated rings. The van der Waals surface area contributed by atoms with Crippen molar-refractivity contribution in [3.8, 4) is 5.75 Å². The predicted molar refractivity (Wildman–Crippen MR) is 92.1 cm³/mol. The first-order valence-electron chi connectivity index (χ1n) is 8.04. The number of carbonyl (C=O) groups excluding carboxylic acids is 2. The molecule has 0 aliphatic carbocycles. The van der Waals surface area contributed by atoms with Crippen molar-refractivity contribution < 1.29 is 22.7 Å². The Kier molecular flexibility index (Phi) is 4.70. The summed E-state index contributed by atoms with van der Waals surface area (Å²) < 4.78 is 30.0. The number of amides is 2. The van der Waals surface area contributed by atoms with Crippen molar-refractivity contribution in [2.75, 3.05) is 38.3 Å². The molecule has 2 heterocycles. The van der Waals surface area contributed by atoms with E-state index in [0.717, 1.165) is 0 Å². The predicted octanol–water partition coefficient (Wildman–Crippen LogP) is 0.513. The topological polar surface area (TPSA) is 96.0 Å². The summed E-state index contributed by atoms with van der Waals surface area (Å²) in [4.78, 5) is 25.7. The Labute approximate surface area is 146 Å². The lowest BCUT2D eigenvalue weighted by atomic mass is 10.0. The van der Waals surface area contributed by atoms with Crippen LogP contribution in [0.15, 0.2) is 18.2 Å². The van der Waals surface area contributed by atoms with E-state index in [1.54, 1.807) is 30.1 Å². The van der Waals surface area contributed by atoms with E-state index >= 15 is 0 Å². The third kappa shape index (κ3) is 3.77. The van der Waals surface area contributed by atoms with Crippen LogP contribution in [0, 0.1) is 0 Å². The minimum atomic E-state index is -3.23. The van der Waals surface area contributed by atoms with Crippen LogP contribution in [0.1, 0.15) is 23.2 Å². The normalized spacial score (nSPS) is 18.5. The van der Waals surface area contributed by atoms with Crippen molar-refractivity contribution in [1.82, 2.24) is 9.21 Å². The van der Waals surface area contributed by atoms with Gasteiger partial charge in [0.2, 0.25) is 10.0 Å². The summed E-state index contributed by atoms with van der Waals surface area (Å²) in [6, 6.07) is 4.86. The van der Waals surface area contributed by atoms with Crippen molar-refractivity contribution in [3.05, 3.63) is 23.8 Å². The van der Waals surface area contributed by atoms with E-state index in [9.17, 15) is 18.0 Å². The molecule has 25 heavy (non-hydrogen) atoms. The van der Waals surface area contributed by atoms with Crippen molar-refractivity contribution >= 4 is 27.5 Å². The van der Waals surface area contributed by atoms with E-state index in [4.69, 9.17) is 4.74 Å². The number of hydrogen-bond acceptors (Lipinski definition) is 5. The van der Waals surface area contributed by atoms with E-state index in [2.05, 4.69) is 5.32 Å². The molecule has 8 nitrogen and oxygen atoms in total. The van der Waals surface area contributed by atoms with Crippen LogP contribution in [-0.2, 0) is 14.8 Å². The second-order valence-corrected chi connectivity index (χ2v) is 8.39. The SMILES string of the molecule is CN(C1CCN(C(=O)c2ccc3c(c2)OCC(=O)N3)CC1)S(C)(=O)=O. The second-order valence-electron chi connectivity index (χ2n) is 6.35. The van der Waals surface area contributed by atoms with Gasteiger partial charge in [0, 0.05) is 31.7 Å². The summed E-state index contributed by atoms with van der Waals surface area (Å²) in [7, 11) is -1.65. The Hall–Kier alpha value is -2.13.